The molecule has 2 nitrogen and oxygen atoms in total. The predicted molar refractivity (Wildman–Crippen MR) is 79.3 cm³/mol. The average molecular weight is 265 g/mol. The first-order valence-electron chi connectivity index (χ1n) is 7.44. The van der Waals surface area contributed by atoms with Gasteiger partial charge in [-0.15, -0.1) is 0 Å². The summed E-state index contributed by atoms with van der Waals surface area (Å²) in [6.45, 7) is 1.05. The van der Waals surface area contributed by atoms with E-state index in [2.05, 4.69) is 59.9 Å². The molecule has 4 rings (SSSR count). The Labute approximate surface area is 119 Å². The predicted octanol–water partition coefficient (Wildman–Crippen LogP) is 3.54. The summed E-state index contributed by atoms with van der Waals surface area (Å²) in [4.78, 5) is 0. The fourth-order valence-corrected chi connectivity index (χ4v) is 3.54. The molecule has 2 unspecified atom stereocenters. The fraction of sp³-hybridized carbons (Fsp3) is 0.333. The second-order valence-electron chi connectivity index (χ2n) is 5.74. The lowest BCUT2D eigenvalue weighted by Gasteiger charge is -2.25. The molecule has 1 fully saturated rings. The van der Waals surface area contributed by atoms with Crippen LogP contribution in [0.15, 0.2) is 54.6 Å². The van der Waals surface area contributed by atoms with E-state index in [1.54, 1.807) is 0 Å². The van der Waals surface area contributed by atoms with E-state index in [1.165, 1.54) is 23.1 Å². The zero-order valence-electron chi connectivity index (χ0n) is 11.5. The molecule has 0 radical (unpaired) electrons. The topological polar surface area (TPSA) is 21.3 Å². The Balaban J connectivity index is 1.69. The first-order chi connectivity index (χ1) is 9.87. The summed E-state index contributed by atoms with van der Waals surface area (Å²) in [5, 5.41) is 3.58. The standard InChI is InChI=1S/C18H19NO/c1-2-7-14(8-3-1)13-17-15-9-4-5-10-16(15)18(20-17)11-6-12-19-18/h1-5,7-10,17,19H,6,11-13H2. The van der Waals surface area contributed by atoms with Crippen LogP contribution >= 0.6 is 0 Å². The van der Waals surface area contributed by atoms with Gasteiger partial charge < -0.3 is 4.74 Å². The van der Waals surface area contributed by atoms with Gasteiger partial charge in [0, 0.05) is 12.0 Å². The molecule has 2 heteroatoms. The Morgan fingerprint density at radius 2 is 1.85 bits per heavy atom. The van der Waals surface area contributed by atoms with Gasteiger partial charge >= 0.3 is 0 Å². The molecular formula is C18H19NO. The Hall–Kier alpha value is -1.64. The second-order valence-corrected chi connectivity index (χ2v) is 5.74. The van der Waals surface area contributed by atoms with Crippen LogP contribution in [0.1, 0.15) is 35.6 Å². The van der Waals surface area contributed by atoms with Crippen LogP contribution in [0, 0.1) is 0 Å². The van der Waals surface area contributed by atoms with Crippen molar-refractivity contribution in [1.82, 2.24) is 5.32 Å². The summed E-state index contributed by atoms with van der Waals surface area (Å²) in [6.07, 6.45) is 3.38. The van der Waals surface area contributed by atoms with Gasteiger partial charge in [-0.1, -0.05) is 54.6 Å². The highest BCUT2D eigenvalue weighted by Crippen LogP contribution is 2.47. The number of rotatable bonds is 2. The van der Waals surface area contributed by atoms with Crippen molar-refractivity contribution in [3.63, 3.8) is 0 Å². The van der Waals surface area contributed by atoms with Crippen molar-refractivity contribution >= 4 is 0 Å². The maximum Gasteiger partial charge on any atom is 0.146 e. The summed E-state index contributed by atoms with van der Waals surface area (Å²) in [5.74, 6) is 0. The van der Waals surface area contributed by atoms with Gasteiger partial charge in [-0.05, 0) is 30.5 Å². The van der Waals surface area contributed by atoms with Crippen molar-refractivity contribution < 1.29 is 4.74 Å². The molecule has 0 aromatic heterocycles. The average Bonchev–Trinajstić information content (AvgIpc) is 3.08. The lowest BCUT2D eigenvalue weighted by molar-refractivity contribution is -0.0874. The minimum Gasteiger partial charge on any atom is -0.348 e. The van der Waals surface area contributed by atoms with Gasteiger partial charge in [-0.3, -0.25) is 5.32 Å². The van der Waals surface area contributed by atoms with Crippen LogP contribution in [0.25, 0.3) is 0 Å². The Bertz CT molecular complexity index is 602. The number of fused-ring (bicyclic) bond motifs is 2. The van der Waals surface area contributed by atoms with Gasteiger partial charge in [0.05, 0.1) is 6.10 Å². The van der Waals surface area contributed by atoms with Gasteiger partial charge in [0.2, 0.25) is 0 Å². The lowest BCUT2D eigenvalue weighted by Crippen LogP contribution is -2.36. The third-order valence-electron chi connectivity index (χ3n) is 4.47. The molecule has 1 N–H and O–H groups in total. The molecule has 1 spiro atoms. The summed E-state index contributed by atoms with van der Waals surface area (Å²) >= 11 is 0. The molecule has 0 amide bonds. The first kappa shape index (κ1) is 12.1. The van der Waals surface area contributed by atoms with E-state index >= 15 is 0 Å². The molecular weight excluding hydrogens is 246 g/mol. The van der Waals surface area contributed by atoms with E-state index in [9.17, 15) is 0 Å². The highest BCUT2D eigenvalue weighted by molar-refractivity contribution is 5.39. The van der Waals surface area contributed by atoms with E-state index in [1.807, 2.05) is 0 Å². The normalized spacial score (nSPS) is 27.9. The number of nitrogens with one attached hydrogen (secondary N) is 1. The van der Waals surface area contributed by atoms with Gasteiger partial charge in [-0.2, -0.15) is 0 Å². The second kappa shape index (κ2) is 4.72. The maximum atomic E-state index is 6.47. The van der Waals surface area contributed by atoms with Crippen molar-refractivity contribution in [2.75, 3.05) is 6.54 Å². The van der Waals surface area contributed by atoms with Crippen molar-refractivity contribution in [1.29, 1.82) is 0 Å². The minimum absolute atomic E-state index is 0.166. The van der Waals surface area contributed by atoms with Crippen LogP contribution in [0.4, 0.5) is 0 Å². The summed E-state index contributed by atoms with van der Waals surface area (Å²) in [7, 11) is 0. The van der Waals surface area contributed by atoms with E-state index in [4.69, 9.17) is 4.74 Å². The smallest absolute Gasteiger partial charge is 0.146 e. The van der Waals surface area contributed by atoms with Gasteiger partial charge in [-0.25, -0.2) is 0 Å². The van der Waals surface area contributed by atoms with Crippen LogP contribution in [-0.2, 0) is 16.9 Å². The molecule has 2 heterocycles. The minimum atomic E-state index is -0.226. The van der Waals surface area contributed by atoms with E-state index in [0.29, 0.717) is 0 Å². The molecule has 2 aromatic rings. The largest absolute Gasteiger partial charge is 0.348 e. The van der Waals surface area contributed by atoms with Crippen molar-refractivity contribution in [2.24, 2.45) is 0 Å². The summed E-state index contributed by atoms with van der Waals surface area (Å²) in [5.41, 5.74) is 3.81. The molecule has 2 aliphatic heterocycles. The van der Waals surface area contributed by atoms with Crippen molar-refractivity contribution in [3.8, 4) is 0 Å². The third-order valence-corrected chi connectivity index (χ3v) is 4.47. The fourth-order valence-electron chi connectivity index (χ4n) is 3.54. The lowest BCUT2D eigenvalue weighted by atomic mass is 9.95. The molecule has 102 valence electrons. The first-order valence-corrected chi connectivity index (χ1v) is 7.44. The van der Waals surface area contributed by atoms with E-state index < -0.39 is 0 Å². The highest BCUT2D eigenvalue weighted by Gasteiger charge is 2.46. The van der Waals surface area contributed by atoms with Crippen LogP contribution in [0.3, 0.4) is 0 Å². The number of benzene rings is 2. The van der Waals surface area contributed by atoms with E-state index in [-0.39, 0.29) is 11.8 Å². The van der Waals surface area contributed by atoms with Crippen LogP contribution in [0.2, 0.25) is 0 Å². The van der Waals surface area contributed by atoms with Crippen molar-refractivity contribution in [3.05, 3.63) is 71.3 Å². The Kier molecular flexibility index (Phi) is 2.86. The van der Waals surface area contributed by atoms with Crippen LogP contribution < -0.4 is 5.32 Å². The maximum absolute atomic E-state index is 6.47. The third kappa shape index (κ3) is 1.88. The molecule has 1 saturated heterocycles. The van der Waals surface area contributed by atoms with Gasteiger partial charge in [0.25, 0.3) is 0 Å². The molecule has 0 aliphatic carbocycles. The van der Waals surface area contributed by atoms with Crippen LogP contribution in [-0.4, -0.2) is 6.54 Å². The van der Waals surface area contributed by atoms with Gasteiger partial charge in [0.1, 0.15) is 5.72 Å². The Morgan fingerprint density at radius 3 is 2.65 bits per heavy atom. The summed E-state index contributed by atoms with van der Waals surface area (Å²) in [6, 6.07) is 19.3. The highest BCUT2D eigenvalue weighted by atomic mass is 16.5. The quantitative estimate of drug-likeness (QED) is 0.896. The molecule has 2 aromatic carbocycles. The zero-order chi connectivity index (χ0) is 13.4. The van der Waals surface area contributed by atoms with Gasteiger partial charge in [0.15, 0.2) is 0 Å². The summed E-state index contributed by atoms with van der Waals surface area (Å²) < 4.78 is 6.47. The SMILES string of the molecule is c1ccc(CC2OC3(CCCN3)c3ccccc32)cc1. The Morgan fingerprint density at radius 1 is 1.05 bits per heavy atom. The molecule has 0 saturated carbocycles. The number of ether oxygens (including phenoxy) is 1. The monoisotopic (exact) mass is 265 g/mol. The molecule has 20 heavy (non-hydrogen) atoms. The van der Waals surface area contributed by atoms with Crippen molar-refractivity contribution in [2.45, 2.75) is 31.1 Å². The van der Waals surface area contributed by atoms with Crippen LogP contribution in [0.5, 0.6) is 0 Å². The number of hydrogen-bond donors (Lipinski definition) is 1. The zero-order valence-corrected chi connectivity index (χ0v) is 11.5. The molecule has 2 aliphatic rings. The van der Waals surface area contributed by atoms with E-state index in [0.717, 1.165) is 19.4 Å². The molecule has 0 bridgehead atoms. The number of hydrogen-bond acceptors (Lipinski definition) is 2. The molecule has 2 atom stereocenters.